The third-order valence-corrected chi connectivity index (χ3v) is 4.04. The molecular formula is C13H16BrClN2O3. The number of nitrogens with one attached hydrogen (secondary N) is 1. The van der Waals surface area contributed by atoms with Gasteiger partial charge in [0.1, 0.15) is 0 Å². The van der Waals surface area contributed by atoms with Gasteiger partial charge in [-0.25, -0.2) is 4.79 Å². The van der Waals surface area contributed by atoms with Crippen LogP contribution in [0.4, 0.5) is 10.5 Å². The van der Waals surface area contributed by atoms with Gasteiger partial charge >= 0.3 is 12.0 Å². The Morgan fingerprint density at radius 1 is 1.45 bits per heavy atom. The monoisotopic (exact) mass is 362 g/mol. The topological polar surface area (TPSA) is 69.6 Å². The van der Waals surface area contributed by atoms with E-state index in [4.69, 9.17) is 16.7 Å². The van der Waals surface area contributed by atoms with Crippen molar-refractivity contribution >= 4 is 45.2 Å². The molecule has 5 nitrogen and oxygen atoms in total. The number of carboxylic acid groups (broad SMARTS) is 1. The lowest BCUT2D eigenvalue weighted by Crippen LogP contribution is -2.41. The molecule has 0 spiro atoms. The number of halogens is 2. The Bertz CT molecular complexity index is 508. The second-order valence-electron chi connectivity index (χ2n) is 4.46. The molecule has 2 amide bonds. The van der Waals surface area contributed by atoms with Gasteiger partial charge < -0.3 is 15.3 Å². The Kier molecular flexibility index (Phi) is 6.29. The van der Waals surface area contributed by atoms with Gasteiger partial charge in [-0.05, 0) is 41.9 Å². The minimum atomic E-state index is -0.938. The van der Waals surface area contributed by atoms with E-state index < -0.39 is 5.97 Å². The number of carbonyl (C=O) groups excluding carboxylic acids is 1. The van der Waals surface area contributed by atoms with Gasteiger partial charge in [0, 0.05) is 12.6 Å². The van der Waals surface area contributed by atoms with Crippen LogP contribution >= 0.6 is 27.5 Å². The van der Waals surface area contributed by atoms with E-state index in [-0.39, 0.29) is 25.0 Å². The van der Waals surface area contributed by atoms with Gasteiger partial charge in [-0.15, -0.1) is 0 Å². The summed E-state index contributed by atoms with van der Waals surface area (Å²) in [7, 11) is 0. The predicted octanol–water partition coefficient (Wildman–Crippen LogP) is 3.82. The Labute approximate surface area is 131 Å². The van der Waals surface area contributed by atoms with Crippen molar-refractivity contribution in [3.63, 3.8) is 0 Å². The molecule has 1 aromatic carbocycles. The smallest absolute Gasteiger partial charge is 0.322 e. The van der Waals surface area contributed by atoms with E-state index in [0.29, 0.717) is 15.2 Å². The lowest BCUT2D eigenvalue weighted by Gasteiger charge is -2.26. The molecule has 0 saturated heterocycles. The molecule has 0 fully saturated rings. The summed E-state index contributed by atoms with van der Waals surface area (Å²) < 4.78 is 0.594. The van der Waals surface area contributed by atoms with Crippen molar-refractivity contribution in [2.45, 2.75) is 26.3 Å². The molecule has 1 rings (SSSR count). The van der Waals surface area contributed by atoms with Gasteiger partial charge in [-0.1, -0.05) is 17.7 Å². The van der Waals surface area contributed by atoms with Crippen molar-refractivity contribution in [2.24, 2.45) is 0 Å². The molecule has 0 unspecified atom stereocenters. The third-order valence-electron chi connectivity index (χ3n) is 2.64. The summed E-state index contributed by atoms with van der Waals surface area (Å²) in [6.07, 6.45) is -0.0949. The molecule has 0 atom stereocenters. The summed E-state index contributed by atoms with van der Waals surface area (Å²) >= 11 is 9.25. The van der Waals surface area contributed by atoms with E-state index in [1.54, 1.807) is 18.2 Å². The fraction of sp³-hybridized carbons (Fsp3) is 0.385. The van der Waals surface area contributed by atoms with Crippen molar-refractivity contribution in [2.75, 3.05) is 11.9 Å². The van der Waals surface area contributed by atoms with Crippen LogP contribution in [0.5, 0.6) is 0 Å². The van der Waals surface area contributed by atoms with Crippen LogP contribution in [0, 0.1) is 0 Å². The van der Waals surface area contributed by atoms with Crippen molar-refractivity contribution in [3.8, 4) is 0 Å². The van der Waals surface area contributed by atoms with E-state index in [9.17, 15) is 9.59 Å². The van der Waals surface area contributed by atoms with Crippen LogP contribution in [-0.2, 0) is 4.79 Å². The Morgan fingerprint density at radius 2 is 2.10 bits per heavy atom. The van der Waals surface area contributed by atoms with Gasteiger partial charge in [-0.3, -0.25) is 4.79 Å². The number of rotatable bonds is 5. The van der Waals surface area contributed by atoms with E-state index in [1.165, 1.54) is 4.90 Å². The molecule has 0 aliphatic rings. The highest BCUT2D eigenvalue weighted by atomic mass is 79.9. The summed E-state index contributed by atoms with van der Waals surface area (Å²) in [5, 5.41) is 11.9. The summed E-state index contributed by atoms with van der Waals surface area (Å²) in [6, 6.07) is 4.67. The number of carbonyl (C=O) groups is 2. The largest absolute Gasteiger partial charge is 0.481 e. The normalized spacial score (nSPS) is 10.4. The molecule has 1 aromatic rings. The average molecular weight is 364 g/mol. The van der Waals surface area contributed by atoms with Crippen LogP contribution in [-0.4, -0.2) is 34.6 Å². The Balaban J connectivity index is 2.80. The van der Waals surface area contributed by atoms with E-state index in [2.05, 4.69) is 21.2 Å². The minimum absolute atomic E-state index is 0.0949. The van der Waals surface area contributed by atoms with Gasteiger partial charge in [0.25, 0.3) is 0 Å². The summed E-state index contributed by atoms with van der Waals surface area (Å²) in [5.74, 6) is -0.938. The minimum Gasteiger partial charge on any atom is -0.481 e. The van der Waals surface area contributed by atoms with Crippen LogP contribution in [0.25, 0.3) is 0 Å². The summed E-state index contributed by atoms with van der Waals surface area (Å²) in [6.45, 7) is 3.81. The molecule has 0 radical (unpaired) electrons. The van der Waals surface area contributed by atoms with Crippen molar-refractivity contribution in [1.29, 1.82) is 0 Å². The maximum absolute atomic E-state index is 12.2. The van der Waals surface area contributed by atoms with Crippen LogP contribution in [0.2, 0.25) is 5.02 Å². The number of aliphatic carboxylic acids is 1. The fourth-order valence-electron chi connectivity index (χ4n) is 1.60. The number of urea groups is 1. The van der Waals surface area contributed by atoms with Crippen molar-refractivity contribution < 1.29 is 14.7 Å². The highest BCUT2D eigenvalue weighted by Gasteiger charge is 2.19. The molecular weight excluding hydrogens is 348 g/mol. The number of nitrogens with zero attached hydrogens (tertiary/aromatic N) is 1. The SMILES string of the molecule is CC(C)N(CCC(=O)O)C(=O)Nc1cccc(Cl)c1Br. The van der Waals surface area contributed by atoms with Crippen LogP contribution in [0.1, 0.15) is 20.3 Å². The summed E-state index contributed by atoms with van der Waals surface area (Å²) in [4.78, 5) is 24.3. The zero-order valence-corrected chi connectivity index (χ0v) is 13.5. The molecule has 0 aromatic heterocycles. The van der Waals surface area contributed by atoms with Gasteiger partial charge in [0.2, 0.25) is 0 Å². The first-order chi connectivity index (χ1) is 9.32. The molecule has 2 N–H and O–H groups in total. The van der Waals surface area contributed by atoms with Gasteiger partial charge in [0.05, 0.1) is 21.6 Å². The second kappa shape index (κ2) is 7.50. The average Bonchev–Trinajstić information content (AvgIpc) is 2.34. The van der Waals surface area contributed by atoms with Crippen LogP contribution in [0.15, 0.2) is 22.7 Å². The zero-order valence-electron chi connectivity index (χ0n) is 11.2. The van der Waals surface area contributed by atoms with Crippen LogP contribution in [0.3, 0.4) is 0 Å². The number of carboxylic acids is 1. The highest BCUT2D eigenvalue weighted by molar-refractivity contribution is 9.10. The summed E-state index contributed by atoms with van der Waals surface area (Å²) in [5.41, 5.74) is 0.545. The van der Waals surface area contributed by atoms with Crippen LogP contribution < -0.4 is 5.32 Å². The number of benzene rings is 1. The first-order valence-corrected chi connectivity index (χ1v) is 7.23. The van der Waals surface area contributed by atoms with E-state index in [0.717, 1.165) is 0 Å². The highest BCUT2D eigenvalue weighted by Crippen LogP contribution is 2.30. The molecule has 0 bridgehead atoms. The molecule has 0 heterocycles. The maximum atomic E-state index is 12.2. The quantitative estimate of drug-likeness (QED) is 0.835. The number of hydrogen-bond donors (Lipinski definition) is 2. The van der Waals surface area contributed by atoms with Crippen molar-refractivity contribution in [3.05, 3.63) is 27.7 Å². The second-order valence-corrected chi connectivity index (χ2v) is 5.66. The molecule has 110 valence electrons. The molecule has 20 heavy (non-hydrogen) atoms. The van der Waals surface area contributed by atoms with Crippen molar-refractivity contribution in [1.82, 2.24) is 4.90 Å². The van der Waals surface area contributed by atoms with Gasteiger partial charge in [0.15, 0.2) is 0 Å². The molecule has 0 saturated carbocycles. The first kappa shape index (κ1) is 16.8. The Morgan fingerprint density at radius 3 is 2.65 bits per heavy atom. The standard InChI is InChI=1S/C13H16BrClN2O3/c1-8(2)17(7-6-11(18)19)13(20)16-10-5-3-4-9(15)12(10)14/h3-5,8H,6-7H2,1-2H3,(H,16,20)(H,18,19). The molecule has 0 aliphatic heterocycles. The zero-order chi connectivity index (χ0) is 15.3. The molecule has 0 aliphatic carbocycles. The van der Waals surface area contributed by atoms with Gasteiger partial charge in [-0.2, -0.15) is 0 Å². The van der Waals surface area contributed by atoms with E-state index >= 15 is 0 Å². The number of hydrogen-bond acceptors (Lipinski definition) is 2. The number of amides is 2. The molecule has 7 heteroatoms. The third kappa shape index (κ3) is 4.68. The maximum Gasteiger partial charge on any atom is 0.322 e. The lowest BCUT2D eigenvalue weighted by molar-refractivity contribution is -0.137. The predicted molar refractivity (Wildman–Crippen MR) is 82.3 cm³/mol. The Hall–Kier alpha value is -1.27. The number of anilines is 1. The van der Waals surface area contributed by atoms with E-state index in [1.807, 2.05) is 13.8 Å². The fourth-order valence-corrected chi connectivity index (χ4v) is 2.14. The lowest BCUT2D eigenvalue weighted by atomic mass is 10.3. The first-order valence-electron chi connectivity index (χ1n) is 6.06.